The van der Waals surface area contributed by atoms with Gasteiger partial charge in [-0.2, -0.15) is 0 Å². The molecular formula is C9H16N4OS. The van der Waals surface area contributed by atoms with Crippen LogP contribution in [0.3, 0.4) is 0 Å². The van der Waals surface area contributed by atoms with Crippen LogP contribution in [0.1, 0.15) is 42.1 Å². The minimum Gasteiger partial charge on any atom is -0.348 e. The lowest BCUT2D eigenvalue weighted by molar-refractivity contribution is 0.0944. The van der Waals surface area contributed by atoms with Crippen LogP contribution in [-0.2, 0) is 0 Å². The molecule has 0 aliphatic carbocycles. The standard InChI is InChI=1S/C9H16N4OS/c1-5(2)7-8(15-13-12-7)9(14)11-6(3)4-10/h5-6H,4,10H2,1-3H3,(H,11,14)/t6-/m1/s1. The van der Waals surface area contributed by atoms with E-state index in [1.165, 1.54) is 0 Å². The van der Waals surface area contributed by atoms with Crippen LogP contribution in [0.4, 0.5) is 0 Å². The third-order valence-electron chi connectivity index (χ3n) is 2.00. The fourth-order valence-corrected chi connectivity index (χ4v) is 1.80. The average Bonchev–Trinajstić information content (AvgIpc) is 2.65. The Morgan fingerprint density at radius 1 is 1.53 bits per heavy atom. The van der Waals surface area contributed by atoms with E-state index in [1.54, 1.807) is 0 Å². The highest BCUT2D eigenvalue weighted by atomic mass is 32.1. The zero-order chi connectivity index (χ0) is 11.4. The molecule has 1 atom stereocenters. The van der Waals surface area contributed by atoms with E-state index in [4.69, 9.17) is 5.73 Å². The highest BCUT2D eigenvalue weighted by Crippen LogP contribution is 2.19. The maximum absolute atomic E-state index is 11.8. The number of aromatic nitrogens is 2. The van der Waals surface area contributed by atoms with Crippen molar-refractivity contribution < 1.29 is 4.79 Å². The normalized spacial score (nSPS) is 12.9. The second kappa shape index (κ2) is 5.18. The van der Waals surface area contributed by atoms with Crippen LogP contribution in [0.25, 0.3) is 0 Å². The Labute approximate surface area is 93.2 Å². The van der Waals surface area contributed by atoms with Crippen molar-refractivity contribution in [2.24, 2.45) is 5.73 Å². The molecule has 0 aliphatic heterocycles. The summed E-state index contributed by atoms with van der Waals surface area (Å²) in [4.78, 5) is 12.4. The summed E-state index contributed by atoms with van der Waals surface area (Å²) in [5.41, 5.74) is 6.18. The van der Waals surface area contributed by atoms with Crippen molar-refractivity contribution in [3.05, 3.63) is 10.6 Å². The topological polar surface area (TPSA) is 80.9 Å². The molecule has 0 radical (unpaired) electrons. The van der Waals surface area contributed by atoms with E-state index in [0.717, 1.165) is 17.2 Å². The molecule has 0 spiro atoms. The van der Waals surface area contributed by atoms with Crippen molar-refractivity contribution in [2.75, 3.05) is 6.54 Å². The highest BCUT2D eigenvalue weighted by Gasteiger charge is 2.19. The van der Waals surface area contributed by atoms with E-state index < -0.39 is 0 Å². The summed E-state index contributed by atoms with van der Waals surface area (Å²) >= 11 is 1.12. The summed E-state index contributed by atoms with van der Waals surface area (Å²) < 4.78 is 3.80. The molecule has 5 nitrogen and oxygen atoms in total. The van der Waals surface area contributed by atoms with Gasteiger partial charge in [0.05, 0.1) is 5.69 Å². The smallest absolute Gasteiger partial charge is 0.265 e. The molecule has 0 saturated heterocycles. The summed E-state index contributed by atoms with van der Waals surface area (Å²) in [5.74, 6) is 0.0735. The van der Waals surface area contributed by atoms with Crippen LogP contribution < -0.4 is 11.1 Å². The number of hydrogen-bond donors (Lipinski definition) is 2. The van der Waals surface area contributed by atoms with Gasteiger partial charge in [0, 0.05) is 12.6 Å². The molecule has 84 valence electrons. The van der Waals surface area contributed by atoms with Gasteiger partial charge in [0.15, 0.2) is 0 Å². The van der Waals surface area contributed by atoms with Crippen molar-refractivity contribution in [3.63, 3.8) is 0 Å². The molecule has 1 heterocycles. The Bertz CT molecular complexity index is 337. The fourth-order valence-electron chi connectivity index (χ4n) is 1.08. The fraction of sp³-hybridized carbons (Fsp3) is 0.667. The minimum atomic E-state index is -0.133. The average molecular weight is 228 g/mol. The lowest BCUT2D eigenvalue weighted by Gasteiger charge is -2.10. The van der Waals surface area contributed by atoms with Crippen LogP contribution >= 0.6 is 11.5 Å². The Hall–Kier alpha value is -1.01. The number of carbonyl (C=O) groups excluding carboxylic acids is 1. The number of carbonyl (C=O) groups is 1. The quantitative estimate of drug-likeness (QED) is 0.796. The molecule has 1 aromatic rings. The molecule has 0 fully saturated rings. The molecule has 0 saturated carbocycles. The molecule has 0 unspecified atom stereocenters. The Balaban J connectivity index is 2.77. The van der Waals surface area contributed by atoms with Crippen molar-refractivity contribution in [1.82, 2.24) is 14.9 Å². The summed E-state index contributed by atoms with van der Waals surface area (Å²) in [6.45, 7) is 6.26. The summed E-state index contributed by atoms with van der Waals surface area (Å²) in [7, 11) is 0. The van der Waals surface area contributed by atoms with Gasteiger partial charge in [-0.3, -0.25) is 4.79 Å². The van der Waals surface area contributed by atoms with Crippen molar-refractivity contribution in [3.8, 4) is 0 Å². The SMILES string of the molecule is CC(C)c1nnsc1C(=O)N[C@H](C)CN. The third kappa shape index (κ3) is 2.97. The number of rotatable bonds is 4. The maximum Gasteiger partial charge on any atom is 0.265 e. The van der Waals surface area contributed by atoms with Gasteiger partial charge in [-0.15, -0.1) is 5.10 Å². The lowest BCUT2D eigenvalue weighted by atomic mass is 10.1. The first-order valence-corrected chi connectivity index (χ1v) is 5.66. The zero-order valence-electron chi connectivity index (χ0n) is 9.15. The number of amides is 1. The van der Waals surface area contributed by atoms with E-state index >= 15 is 0 Å². The van der Waals surface area contributed by atoms with Gasteiger partial charge >= 0.3 is 0 Å². The predicted octanol–water partition coefficient (Wildman–Crippen LogP) is 0.739. The number of nitrogens with one attached hydrogen (secondary N) is 1. The molecule has 0 bridgehead atoms. The van der Waals surface area contributed by atoms with Gasteiger partial charge in [-0.1, -0.05) is 18.3 Å². The highest BCUT2D eigenvalue weighted by molar-refractivity contribution is 7.08. The van der Waals surface area contributed by atoms with Crippen molar-refractivity contribution in [1.29, 1.82) is 0 Å². The first kappa shape index (κ1) is 12.1. The monoisotopic (exact) mass is 228 g/mol. The second-order valence-electron chi connectivity index (χ2n) is 3.75. The third-order valence-corrected chi connectivity index (χ3v) is 2.74. The van der Waals surface area contributed by atoms with Gasteiger partial charge in [0.1, 0.15) is 4.88 Å². The van der Waals surface area contributed by atoms with Crippen LogP contribution in [0, 0.1) is 0 Å². The predicted molar refractivity (Wildman–Crippen MR) is 60.0 cm³/mol. The molecule has 1 aromatic heterocycles. The van der Waals surface area contributed by atoms with Gasteiger partial charge in [0.25, 0.3) is 5.91 Å². The van der Waals surface area contributed by atoms with Gasteiger partial charge in [0.2, 0.25) is 0 Å². The van der Waals surface area contributed by atoms with Gasteiger partial charge in [-0.25, -0.2) is 0 Å². The maximum atomic E-state index is 11.8. The molecule has 6 heteroatoms. The van der Waals surface area contributed by atoms with E-state index in [0.29, 0.717) is 11.4 Å². The number of nitrogens with two attached hydrogens (primary N) is 1. The second-order valence-corrected chi connectivity index (χ2v) is 4.51. The van der Waals surface area contributed by atoms with E-state index in [9.17, 15) is 4.79 Å². The van der Waals surface area contributed by atoms with Crippen molar-refractivity contribution in [2.45, 2.75) is 32.7 Å². The first-order chi connectivity index (χ1) is 7.06. The van der Waals surface area contributed by atoms with Crippen molar-refractivity contribution >= 4 is 17.4 Å². The molecule has 15 heavy (non-hydrogen) atoms. The molecule has 1 rings (SSSR count). The van der Waals surface area contributed by atoms with Crippen LogP contribution in [0.2, 0.25) is 0 Å². The van der Waals surface area contributed by atoms with Gasteiger partial charge in [-0.05, 0) is 24.4 Å². The van der Waals surface area contributed by atoms with E-state index in [2.05, 4.69) is 14.9 Å². The minimum absolute atomic E-state index is 0.0281. The van der Waals surface area contributed by atoms with E-state index in [-0.39, 0.29) is 17.9 Å². The molecule has 3 N–H and O–H groups in total. The van der Waals surface area contributed by atoms with Gasteiger partial charge < -0.3 is 11.1 Å². The molecule has 0 aromatic carbocycles. The molecule has 1 amide bonds. The Morgan fingerprint density at radius 3 is 2.73 bits per heavy atom. The number of hydrogen-bond acceptors (Lipinski definition) is 5. The van der Waals surface area contributed by atoms with E-state index in [1.807, 2.05) is 20.8 Å². The first-order valence-electron chi connectivity index (χ1n) is 4.89. The summed E-state index contributed by atoms with van der Waals surface area (Å²) in [6, 6.07) is -0.0281. The van der Waals surface area contributed by atoms with Crippen LogP contribution in [0.15, 0.2) is 0 Å². The van der Waals surface area contributed by atoms with Crippen LogP contribution in [-0.4, -0.2) is 28.1 Å². The van der Waals surface area contributed by atoms with Crippen LogP contribution in [0.5, 0.6) is 0 Å². The number of nitrogens with zero attached hydrogens (tertiary/aromatic N) is 2. The largest absolute Gasteiger partial charge is 0.348 e. The molecular weight excluding hydrogens is 212 g/mol. The Morgan fingerprint density at radius 2 is 2.20 bits per heavy atom. The summed E-state index contributed by atoms with van der Waals surface area (Å²) in [5, 5.41) is 6.74. The lowest BCUT2D eigenvalue weighted by Crippen LogP contribution is -2.37. The molecule has 0 aliphatic rings. The Kier molecular flexibility index (Phi) is 4.16. The summed E-state index contributed by atoms with van der Waals surface area (Å²) in [6.07, 6.45) is 0. The zero-order valence-corrected chi connectivity index (χ0v) is 9.97.